The fraction of sp³-hybridized carbons (Fsp3) is 0.167. The van der Waals surface area contributed by atoms with E-state index in [0.717, 1.165) is 5.56 Å². The molecule has 2 rings (SSSR count). The minimum absolute atomic E-state index is 0.347. The number of rotatable bonds is 6. The maximum atomic E-state index is 12.2. The van der Waals surface area contributed by atoms with Gasteiger partial charge in [0.2, 0.25) is 0 Å². The van der Waals surface area contributed by atoms with Crippen LogP contribution in [-0.4, -0.2) is 11.9 Å². The van der Waals surface area contributed by atoms with Gasteiger partial charge < -0.3 is 9.47 Å². The average molecular weight is 378 g/mol. The first kappa shape index (κ1) is 22.6. The van der Waals surface area contributed by atoms with Crippen LogP contribution in [0.1, 0.15) is 47.1 Å². The molecule has 0 aliphatic rings. The smallest absolute Gasteiger partial charge is 0.343 e. The highest BCUT2D eigenvalue weighted by atomic mass is 16.5. The molecular formula is C24H26O4. The predicted octanol–water partition coefficient (Wildman–Crippen LogP) is 6.04. The van der Waals surface area contributed by atoms with Crippen molar-refractivity contribution in [3.05, 3.63) is 102 Å². The number of ether oxygens (including phenoxy) is 2. The van der Waals surface area contributed by atoms with E-state index in [1.807, 2.05) is 39.8 Å². The number of carbonyl (C=O) groups is 2. The van der Waals surface area contributed by atoms with Crippen LogP contribution in [0.3, 0.4) is 0 Å². The molecule has 4 heteroatoms. The van der Waals surface area contributed by atoms with E-state index in [-0.39, 0.29) is 0 Å². The van der Waals surface area contributed by atoms with Crippen molar-refractivity contribution in [3.63, 3.8) is 0 Å². The molecule has 0 aliphatic heterocycles. The van der Waals surface area contributed by atoms with Crippen molar-refractivity contribution in [3.8, 4) is 5.75 Å². The second-order valence-electron chi connectivity index (χ2n) is 5.47. The van der Waals surface area contributed by atoms with Gasteiger partial charge in [0, 0.05) is 0 Å². The minimum Gasteiger partial charge on any atom is -0.423 e. The predicted molar refractivity (Wildman–Crippen MR) is 112 cm³/mol. The van der Waals surface area contributed by atoms with E-state index in [9.17, 15) is 9.59 Å². The first-order valence-electron chi connectivity index (χ1n) is 9.10. The number of allylic oxidation sites excluding steroid dienone is 4. The van der Waals surface area contributed by atoms with Crippen LogP contribution in [0, 0.1) is 6.92 Å². The molecule has 0 N–H and O–H groups in total. The molecule has 0 atom stereocenters. The Labute approximate surface area is 166 Å². The van der Waals surface area contributed by atoms with Gasteiger partial charge in [-0.05, 0) is 62.4 Å². The van der Waals surface area contributed by atoms with Crippen LogP contribution in [0.5, 0.6) is 5.75 Å². The van der Waals surface area contributed by atoms with Crippen molar-refractivity contribution in [2.75, 3.05) is 0 Å². The largest absolute Gasteiger partial charge is 0.423 e. The van der Waals surface area contributed by atoms with Crippen molar-refractivity contribution >= 4 is 11.9 Å². The van der Waals surface area contributed by atoms with Gasteiger partial charge in [-0.2, -0.15) is 0 Å². The summed E-state index contributed by atoms with van der Waals surface area (Å²) in [5.41, 5.74) is 1.87. The second-order valence-corrected chi connectivity index (χ2v) is 5.47. The van der Waals surface area contributed by atoms with Crippen molar-refractivity contribution in [1.82, 2.24) is 0 Å². The molecule has 0 aromatic heterocycles. The molecule has 0 amide bonds. The summed E-state index contributed by atoms with van der Waals surface area (Å²) in [6.45, 7) is 11.3. The minimum atomic E-state index is -0.507. The molecule has 0 bridgehead atoms. The highest BCUT2D eigenvalue weighted by Gasteiger charge is 2.11. The lowest BCUT2D eigenvalue weighted by molar-refractivity contribution is 0.0637. The third-order valence-corrected chi connectivity index (χ3v) is 3.41. The molecule has 146 valence electrons. The van der Waals surface area contributed by atoms with Crippen molar-refractivity contribution in [2.24, 2.45) is 0 Å². The fourth-order valence-corrected chi connectivity index (χ4v) is 2.08. The monoisotopic (exact) mass is 378 g/mol. The second kappa shape index (κ2) is 12.1. The molecule has 2 aromatic rings. The molecule has 4 nitrogen and oxygen atoms in total. The standard InChI is InChI=1S/C22H20O4.C2H6/c1-4-6-19(7-5-2)25-22(24)18-12-14-20(15-13-18)26-21(23)17-10-8-16(3)9-11-17;1-2/h4-15H,1H2,2-3H3;1-2H3/b7-5-,19-6+;. The number of carbonyl (C=O) groups excluding carboxylic acids is 2. The summed E-state index contributed by atoms with van der Waals surface area (Å²) in [6.07, 6.45) is 6.55. The van der Waals surface area contributed by atoms with E-state index in [2.05, 4.69) is 6.58 Å². The number of benzene rings is 2. The van der Waals surface area contributed by atoms with Crippen LogP contribution in [0.2, 0.25) is 0 Å². The Morgan fingerprint density at radius 1 is 0.893 bits per heavy atom. The van der Waals surface area contributed by atoms with E-state index < -0.39 is 11.9 Å². The topological polar surface area (TPSA) is 52.6 Å². The van der Waals surface area contributed by atoms with Gasteiger partial charge in [0.1, 0.15) is 11.5 Å². The SMILES string of the molecule is C=C/C=C(\C=C/C)OC(=O)c1ccc(OC(=O)c2ccc(C)cc2)cc1.CC. The first-order chi connectivity index (χ1) is 13.5. The van der Waals surface area contributed by atoms with Crippen LogP contribution in [-0.2, 0) is 4.74 Å². The van der Waals surface area contributed by atoms with Crippen LogP contribution in [0.4, 0.5) is 0 Å². The molecule has 0 radical (unpaired) electrons. The van der Waals surface area contributed by atoms with Crippen molar-refractivity contribution in [2.45, 2.75) is 27.7 Å². The number of esters is 2. The maximum Gasteiger partial charge on any atom is 0.343 e. The van der Waals surface area contributed by atoms with E-state index in [4.69, 9.17) is 9.47 Å². The summed E-state index contributed by atoms with van der Waals surface area (Å²) in [5, 5.41) is 0. The summed E-state index contributed by atoms with van der Waals surface area (Å²) in [7, 11) is 0. The van der Waals surface area contributed by atoms with Gasteiger partial charge in [-0.1, -0.05) is 50.3 Å². The fourth-order valence-electron chi connectivity index (χ4n) is 2.08. The Hall–Kier alpha value is -3.40. The lowest BCUT2D eigenvalue weighted by atomic mass is 10.1. The van der Waals surface area contributed by atoms with E-state index in [1.165, 1.54) is 6.08 Å². The Kier molecular flexibility index (Phi) is 9.76. The zero-order valence-electron chi connectivity index (χ0n) is 16.8. The lowest BCUT2D eigenvalue weighted by Gasteiger charge is -2.07. The van der Waals surface area contributed by atoms with Crippen LogP contribution < -0.4 is 4.74 Å². The molecule has 0 fully saturated rings. The van der Waals surface area contributed by atoms with E-state index in [0.29, 0.717) is 22.6 Å². The Bertz CT molecular complexity index is 841. The van der Waals surface area contributed by atoms with Gasteiger partial charge in [0.15, 0.2) is 0 Å². The highest BCUT2D eigenvalue weighted by Crippen LogP contribution is 2.16. The molecule has 0 aliphatic carbocycles. The summed E-state index contributed by atoms with van der Waals surface area (Å²) >= 11 is 0. The van der Waals surface area contributed by atoms with Gasteiger partial charge in [0.05, 0.1) is 11.1 Å². The molecule has 28 heavy (non-hydrogen) atoms. The summed E-state index contributed by atoms with van der Waals surface area (Å²) < 4.78 is 10.6. The Balaban J connectivity index is 0.00000190. The van der Waals surface area contributed by atoms with Gasteiger partial charge in [0.25, 0.3) is 0 Å². The summed E-state index contributed by atoms with van der Waals surface area (Å²) in [6, 6.07) is 13.3. The molecular weight excluding hydrogens is 352 g/mol. The van der Waals surface area contributed by atoms with E-state index >= 15 is 0 Å². The molecule has 0 saturated carbocycles. The Morgan fingerprint density at radius 2 is 1.43 bits per heavy atom. The molecule has 0 saturated heterocycles. The zero-order valence-corrected chi connectivity index (χ0v) is 16.8. The van der Waals surface area contributed by atoms with Crippen LogP contribution >= 0.6 is 0 Å². The summed E-state index contributed by atoms with van der Waals surface area (Å²) in [4.78, 5) is 24.2. The molecule has 0 unspecified atom stereocenters. The van der Waals surface area contributed by atoms with Crippen molar-refractivity contribution < 1.29 is 19.1 Å². The van der Waals surface area contributed by atoms with Crippen LogP contribution in [0.15, 0.2) is 85.2 Å². The lowest BCUT2D eigenvalue weighted by Crippen LogP contribution is -2.09. The number of aryl methyl sites for hydroxylation is 1. The van der Waals surface area contributed by atoms with Crippen LogP contribution in [0.25, 0.3) is 0 Å². The maximum absolute atomic E-state index is 12.2. The number of hydrogen-bond acceptors (Lipinski definition) is 4. The van der Waals surface area contributed by atoms with Gasteiger partial charge in [-0.3, -0.25) is 0 Å². The normalized spacial score (nSPS) is 10.6. The third-order valence-electron chi connectivity index (χ3n) is 3.41. The Morgan fingerprint density at radius 3 is 1.96 bits per heavy atom. The molecule has 2 aromatic carbocycles. The van der Waals surface area contributed by atoms with Gasteiger partial charge in [-0.25, -0.2) is 9.59 Å². The first-order valence-corrected chi connectivity index (χ1v) is 9.10. The third kappa shape index (κ3) is 7.08. The molecule has 0 heterocycles. The van der Waals surface area contributed by atoms with Gasteiger partial charge >= 0.3 is 11.9 Å². The average Bonchev–Trinajstić information content (AvgIpc) is 2.71. The quantitative estimate of drug-likeness (QED) is 0.266. The zero-order chi connectivity index (χ0) is 20.9. The van der Waals surface area contributed by atoms with E-state index in [1.54, 1.807) is 54.6 Å². The highest BCUT2D eigenvalue weighted by molar-refractivity contribution is 5.92. The molecule has 0 spiro atoms. The summed E-state index contributed by atoms with van der Waals surface area (Å²) in [5.74, 6) is -0.220. The van der Waals surface area contributed by atoms with Crippen molar-refractivity contribution in [1.29, 1.82) is 0 Å². The van der Waals surface area contributed by atoms with Gasteiger partial charge in [-0.15, -0.1) is 0 Å². The number of hydrogen-bond donors (Lipinski definition) is 0.